The molecule has 0 atom stereocenters. The highest BCUT2D eigenvalue weighted by Crippen LogP contribution is 2.40. The molecule has 22 heavy (non-hydrogen) atoms. The monoisotopic (exact) mass is 306 g/mol. The number of hydrogen-bond acceptors (Lipinski definition) is 3. The smallest absolute Gasteiger partial charge is 0.390 e. The van der Waals surface area contributed by atoms with Gasteiger partial charge in [-0.25, -0.2) is 0 Å². The van der Waals surface area contributed by atoms with E-state index in [-0.39, 0.29) is 0 Å². The summed E-state index contributed by atoms with van der Waals surface area (Å²) in [6, 6.07) is 17.8. The molecule has 0 saturated heterocycles. The van der Waals surface area contributed by atoms with Gasteiger partial charge in [0, 0.05) is 29.2 Å². The first-order valence-corrected chi connectivity index (χ1v) is 8.81. The van der Waals surface area contributed by atoms with Gasteiger partial charge in [0.1, 0.15) is 0 Å². The van der Waals surface area contributed by atoms with Crippen LogP contribution in [0, 0.1) is 0 Å². The number of anilines is 2. The number of rotatable bonds is 3. The van der Waals surface area contributed by atoms with Crippen molar-refractivity contribution in [1.82, 2.24) is 0 Å². The Morgan fingerprint density at radius 2 is 1.45 bits per heavy atom. The summed E-state index contributed by atoms with van der Waals surface area (Å²) in [4.78, 5) is 5.05. The Morgan fingerprint density at radius 1 is 0.864 bits per heavy atom. The van der Waals surface area contributed by atoms with Crippen molar-refractivity contribution in [2.75, 3.05) is 22.7 Å². The lowest BCUT2D eigenvalue weighted by Gasteiger charge is -2.27. The van der Waals surface area contributed by atoms with Gasteiger partial charge in [-0.3, -0.25) is 0 Å². The van der Waals surface area contributed by atoms with Crippen LogP contribution in [0.5, 0.6) is 0 Å². The van der Waals surface area contributed by atoms with Gasteiger partial charge in [-0.2, -0.15) is 11.3 Å². The fourth-order valence-corrected chi connectivity index (χ4v) is 4.39. The second kappa shape index (κ2) is 5.36. The predicted molar refractivity (Wildman–Crippen MR) is 99.7 cm³/mol. The van der Waals surface area contributed by atoms with Crippen molar-refractivity contribution < 1.29 is 0 Å². The molecule has 0 fully saturated rings. The van der Waals surface area contributed by atoms with Gasteiger partial charge in [0.15, 0.2) is 0 Å². The van der Waals surface area contributed by atoms with Crippen LogP contribution in [-0.4, -0.2) is 20.1 Å². The van der Waals surface area contributed by atoms with Crippen LogP contribution in [-0.2, 0) is 0 Å². The highest BCUT2D eigenvalue weighted by atomic mass is 32.1. The molecular weight excluding hydrogens is 287 g/mol. The molecule has 2 heterocycles. The lowest BCUT2D eigenvalue weighted by molar-refractivity contribution is 1.06. The minimum Gasteiger partial charge on any atom is -0.390 e. The van der Waals surface area contributed by atoms with E-state index in [1.54, 1.807) is 0 Å². The van der Waals surface area contributed by atoms with E-state index in [0.717, 1.165) is 13.1 Å². The summed E-state index contributed by atoms with van der Waals surface area (Å²) < 4.78 is 1.42. The minimum absolute atomic E-state index is 0.335. The quantitative estimate of drug-likeness (QED) is 0.676. The third-order valence-corrected chi connectivity index (χ3v) is 5.44. The molecule has 0 saturated carbocycles. The van der Waals surface area contributed by atoms with Crippen molar-refractivity contribution in [3.05, 3.63) is 53.9 Å². The Morgan fingerprint density at radius 3 is 1.91 bits per heavy atom. The van der Waals surface area contributed by atoms with E-state index >= 15 is 0 Å². The number of nitrogens with zero attached hydrogens (tertiary/aromatic N) is 2. The highest BCUT2D eigenvalue weighted by molar-refractivity contribution is 7.23. The fourth-order valence-electron chi connectivity index (χ4n) is 3.54. The van der Waals surface area contributed by atoms with Crippen molar-refractivity contribution in [3.8, 4) is 0 Å². The third-order valence-electron chi connectivity index (χ3n) is 4.53. The van der Waals surface area contributed by atoms with E-state index < -0.39 is 0 Å². The van der Waals surface area contributed by atoms with Gasteiger partial charge in [0.25, 0.3) is 0 Å². The molecule has 0 bridgehead atoms. The van der Waals surface area contributed by atoms with Crippen LogP contribution in [0.2, 0.25) is 0 Å². The van der Waals surface area contributed by atoms with Crippen LogP contribution in [0.25, 0.3) is 10.8 Å². The molecule has 0 N–H and O–H groups in total. The maximum atomic E-state index is 2.52. The summed E-state index contributed by atoms with van der Waals surface area (Å²) >= 11 is 1.85. The van der Waals surface area contributed by atoms with Crippen LogP contribution >= 0.6 is 11.3 Å². The highest BCUT2D eigenvalue weighted by Gasteiger charge is 2.40. The normalized spacial score (nSPS) is 14.0. The number of fused-ring (bicyclic) bond motifs is 2. The van der Waals surface area contributed by atoms with E-state index in [4.69, 9.17) is 0 Å². The van der Waals surface area contributed by atoms with Crippen molar-refractivity contribution in [3.63, 3.8) is 0 Å². The Labute approximate surface area is 136 Å². The van der Waals surface area contributed by atoms with E-state index in [9.17, 15) is 0 Å². The second-order valence-corrected chi connectivity index (χ2v) is 6.63. The first-order chi connectivity index (χ1) is 10.8. The molecule has 2 nitrogen and oxygen atoms in total. The van der Waals surface area contributed by atoms with Crippen LogP contribution in [0.1, 0.15) is 13.8 Å². The first-order valence-electron chi connectivity index (χ1n) is 7.93. The van der Waals surface area contributed by atoms with E-state index in [1.165, 1.54) is 26.9 Å². The van der Waals surface area contributed by atoms with Gasteiger partial charge >= 0.3 is 6.98 Å². The summed E-state index contributed by atoms with van der Waals surface area (Å²) in [6.45, 7) is 6.87. The predicted octanol–water partition coefficient (Wildman–Crippen LogP) is 3.96. The zero-order chi connectivity index (χ0) is 15.1. The molecule has 110 valence electrons. The topological polar surface area (TPSA) is 6.48 Å². The maximum absolute atomic E-state index is 2.52. The maximum Gasteiger partial charge on any atom is 0.421 e. The lowest BCUT2D eigenvalue weighted by atomic mass is 9.71. The zero-order valence-electron chi connectivity index (χ0n) is 13.0. The molecule has 1 aliphatic heterocycles. The molecule has 0 radical (unpaired) electrons. The van der Waals surface area contributed by atoms with Crippen molar-refractivity contribution in [1.29, 1.82) is 0 Å². The summed E-state index contributed by atoms with van der Waals surface area (Å²) in [5.74, 6) is 0. The van der Waals surface area contributed by atoms with Crippen molar-refractivity contribution in [2.24, 2.45) is 0 Å². The van der Waals surface area contributed by atoms with Gasteiger partial charge in [-0.05, 0) is 42.1 Å². The van der Waals surface area contributed by atoms with Crippen molar-refractivity contribution >= 4 is 45.2 Å². The molecule has 0 unspecified atom stereocenters. The van der Waals surface area contributed by atoms with Crippen LogP contribution < -0.4 is 14.4 Å². The average molecular weight is 306 g/mol. The van der Waals surface area contributed by atoms with Crippen molar-refractivity contribution in [2.45, 2.75) is 13.8 Å². The van der Waals surface area contributed by atoms with E-state index in [1.807, 2.05) is 11.3 Å². The molecule has 2 aromatic carbocycles. The molecular formula is C18H19BN2S. The SMILES string of the molecule is CCN1B(c2cccs2)N(CC)c2cc3ccccc3cc21. The summed E-state index contributed by atoms with van der Waals surface area (Å²) in [7, 11) is 0. The summed E-state index contributed by atoms with van der Waals surface area (Å²) in [6.07, 6.45) is 0. The Kier molecular flexibility index (Phi) is 3.34. The van der Waals surface area contributed by atoms with E-state index in [0.29, 0.717) is 6.98 Å². The average Bonchev–Trinajstić information content (AvgIpc) is 3.17. The van der Waals surface area contributed by atoms with E-state index in [2.05, 4.69) is 77.4 Å². The molecule has 4 rings (SSSR count). The lowest BCUT2D eigenvalue weighted by Crippen LogP contribution is -2.55. The van der Waals surface area contributed by atoms with Crippen LogP contribution in [0.4, 0.5) is 11.4 Å². The number of hydrogen-bond donors (Lipinski definition) is 0. The largest absolute Gasteiger partial charge is 0.421 e. The van der Waals surface area contributed by atoms with Crippen LogP contribution in [0.15, 0.2) is 53.9 Å². The molecule has 1 aliphatic rings. The first kappa shape index (κ1) is 13.7. The van der Waals surface area contributed by atoms with Gasteiger partial charge < -0.3 is 9.62 Å². The number of benzene rings is 2. The fraction of sp³-hybridized carbons (Fsp3) is 0.222. The van der Waals surface area contributed by atoms with Gasteiger partial charge in [0.05, 0.1) is 0 Å². The molecule has 1 aromatic heterocycles. The summed E-state index contributed by atoms with van der Waals surface area (Å²) in [5.41, 5.74) is 2.72. The zero-order valence-corrected chi connectivity index (χ0v) is 13.8. The van der Waals surface area contributed by atoms with Gasteiger partial charge in [0.2, 0.25) is 0 Å². The Balaban J connectivity index is 1.92. The minimum atomic E-state index is 0.335. The molecule has 3 aromatic rings. The number of thiophene rings is 1. The Hall–Kier alpha value is -1.94. The summed E-state index contributed by atoms with van der Waals surface area (Å²) in [5, 5.41) is 4.82. The molecule has 4 heteroatoms. The van der Waals surface area contributed by atoms with Gasteiger partial charge in [-0.15, -0.1) is 0 Å². The van der Waals surface area contributed by atoms with Gasteiger partial charge in [-0.1, -0.05) is 36.4 Å². The third kappa shape index (κ3) is 1.94. The molecule has 0 spiro atoms. The van der Waals surface area contributed by atoms with Crippen LogP contribution in [0.3, 0.4) is 0 Å². The molecule has 0 aliphatic carbocycles. The Bertz CT molecular complexity index is 749. The standard InChI is InChI=1S/C18H19BN2S/c1-3-20-16-12-14-8-5-6-9-15(14)13-17(16)21(4-2)19(20)18-10-7-11-22-18/h5-13H,3-4H2,1-2H3. The second-order valence-electron chi connectivity index (χ2n) is 5.65. The molecule has 0 amide bonds.